The summed E-state index contributed by atoms with van der Waals surface area (Å²) in [5.74, 6) is 0. The molecule has 1 aliphatic rings. The molecule has 1 aliphatic carbocycles. The van der Waals surface area contributed by atoms with E-state index in [1.54, 1.807) is 6.66 Å². The van der Waals surface area contributed by atoms with Gasteiger partial charge in [-0.05, 0) is 19.3 Å². The van der Waals surface area contributed by atoms with Gasteiger partial charge < -0.3 is 0 Å². The van der Waals surface area contributed by atoms with E-state index in [0.29, 0.717) is 0 Å². The largest absolute Gasteiger partial charge is 0.275 e. The van der Waals surface area contributed by atoms with Gasteiger partial charge in [-0.25, -0.2) is 0 Å². The number of rotatable bonds is 0. The quantitative estimate of drug-likeness (QED) is 0.364. The molecule has 0 spiro atoms. The Bertz CT molecular complexity index is 72.6. The SMILES string of the molecule is C1=CCCC1.CP=O. The van der Waals surface area contributed by atoms with Crippen LogP contribution in [0.3, 0.4) is 0 Å². The standard InChI is InChI=1S/C5H8.CH3OP/c1-2-4-5-3-1;1-3-2/h1-2H,3-5H2;1H3. The second kappa shape index (κ2) is 6.84. The van der Waals surface area contributed by atoms with Crippen LogP contribution < -0.4 is 0 Å². The molecule has 0 N–H and O–H groups in total. The first-order valence-electron chi connectivity index (χ1n) is 2.78. The molecule has 0 aromatic rings. The van der Waals surface area contributed by atoms with Gasteiger partial charge in [0.15, 0.2) is 8.46 Å². The molecule has 0 amide bonds. The van der Waals surface area contributed by atoms with Gasteiger partial charge >= 0.3 is 0 Å². The minimum absolute atomic E-state index is 0.167. The first-order valence-corrected chi connectivity index (χ1v) is 4.04. The van der Waals surface area contributed by atoms with Crippen molar-refractivity contribution in [2.24, 2.45) is 0 Å². The third-order valence-electron chi connectivity index (χ3n) is 0.908. The highest BCUT2D eigenvalue weighted by molar-refractivity contribution is 7.22. The van der Waals surface area contributed by atoms with E-state index in [1.165, 1.54) is 19.3 Å². The maximum Gasteiger partial charge on any atom is 0.151 e. The predicted molar refractivity (Wildman–Crippen MR) is 36.5 cm³/mol. The Hall–Kier alpha value is -0.160. The van der Waals surface area contributed by atoms with Crippen molar-refractivity contribution >= 4 is 8.46 Å². The molecule has 46 valence electrons. The monoisotopic (exact) mass is 130 g/mol. The summed E-state index contributed by atoms with van der Waals surface area (Å²) >= 11 is 0. The molecule has 0 heterocycles. The van der Waals surface area contributed by atoms with Crippen molar-refractivity contribution < 1.29 is 4.57 Å². The lowest BCUT2D eigenvalue weighted by Gasteiger charge is -1.69. The van der Waals surface area contributed by atoms with Gasteiger partial charge in [-0.3, -0.25) is 4.57 Å². The fourth-order valence-corrected chi connectivity index (χ4v) is 0.589. The summed E-state index contributed by atoms with van der Waals surface area (Å²) in [7, 11) is 0.167. The van der Waals surface area contributed by atoms with E-state index in [-0.39, 0.29) is 8.46 Å². The van der Waals surface area contributed by atoms with E-state index in [2.05, 4.69) is 12.2 Å². The van der Waals surface area contributed by atoms with E-state index in [9.17, 15) is 0 Å². The second-order valence-corrected chi connectivity index (χ2v) is 1.95. The molecule has 0 aromatic heterocycles. The summed E-state index contributed by atoms with van der Waals surface area (Å²) in [6, 6.07) is 0. The van der Waals surface area contributed by atoms with Crippen molar-refractivity contribution in [2.75, 3.05) is 6.66 Å². The first-order chi connectivity index (χ1) is 3.91. The van der Waals surface area contributed by atoms with Gasteiger partial charge in [-0.15, -0.1) is 0 Å². The highest BCUT2D eigenvalue weighted by Crippen LogP contribution is 2.05. The van der Waals surface area contributed by atoms with Gasteiger partial charge in [0.25, 0.3) is 0 Å². The zero-order valence-electron chi connectivity index (χ0n) is 5.13. The Morgan fingerprint density at radius 2 is 1.75 bits per heavy atom. The summed E-state index contributed by atoms with van der Waals surface area (Å²) in [6.45, 7) is 1.54. The van der Waals surface area contributed by atoms with Gasteiger partial charge in [0, 0.05) is 6.66 Å². The van der Waals surface area contributed by atoms with Crippen LogP contribution in [-0.4, -0.2) is 6.66 Å². The normalized spacial score (nSPS) is 15.6. The highest BCUT2D eigenvalue weighted by Gasteiger charge is 1.84. The zero-order chi connectivity index (χ0) is 6.24. The molecule has 0 saturated carbocycles. The molecule has 8 heavy (non-hydrogen) atoms. The van der Waals surface area contributed by atoms with E-state index < -0.39 is 0 Å². The van der Waals surface area contributed by atoms with E-state index in [0.717, 1.165) is 0 Å². The number of hydrogen-bond acceptors (Lipinski definition) is 1. The fraction of sp³-hybridized carbons (Fsp3) is 0.667. The topological polar surface area (TPSA) is 17.1 Å². The summed E-state index contributed by atoms with van der Waals surface area (Å²) in [4.78, 5) is 0. The maximum absolute atomic E-state index is 8.90. The predicted octanol–water partition coefficient (Wildman–Crippen LogP) is 2.63. The zero-order valence-corrected chi connectivity index (χ0v) is 6.03. The minimum Gasteiger partial charge on any atom is -0.275 e. The van der Waals surface area contributed by atoms with Crippen LogP contribution in [0.15, 0.2) is 12.2 Å². The molecule has 2 heteroatoms. The number of allylic oxidation sites excluding steroid dienone is 2. The van der Waals surface area contributed by atoms with Crippen molar-refractivity contribution in [1.29, 1.82) is 0 Å². The maximum atomic E-state index is 8.90. The molecule has 0 aliphatic heterocycles. The van der Waals surface area contributed by atoms with Gasteiger partial charge in [-0.2, -0.15) is 0 Å². The first kappa shape index (κ1) is 7.84. The third kappa shape index (κ3) is 5.84. The van der Waals surface area contributed by atoms with Crippen LogP contribution in [-0.2, 0) is 4.57 Å². The Morgan fingerprint density at radius 3 is 1.88 bits per heavy atom. The van der Waals surface area contributed by atoms with Gasteiger partial charge in [-0.1, -0.05) is 12.2 Å². The van der Waals surface area contributed by atoms with Crippen molar-refractivity contribution in [1.82, 2.24) is 0 Å². The van der Waals surface area contributed by atoms with Crippen molar-refractivity contribution in [3.8, 4) is 0 Å². The lowest BCUT2D eigenvalue weighted by Crippen LogP contribution is -1.50. The molecule has 0 unspecified atom stereocenters. The molecule has 0 saturated heterocycles. The molecule has 0 bridgehead atoms. The summed E-state index contributed by atoms with van der Waals surface area (Å²) in [5, 5.41) is 0. The molecule has 0 aromatic carbocycles. The summed E-state index contributed by atoms with van der Waals surface area (Å²) in [5.41, 5.74) is 0. The Labute approximate surface area is 52.0 Å². The average molecular weight is 130 g/mol. The van der Waals surface area contributed by atoms with Gasteiger partial charge in [0.05, 0.1) is 0 Å². The summed E-state index contributed by atoms with van der Waals surface area (Å²) in [6.07, 6.45) is 8.50. The van der Waals surface area contributed by atoms with E-state index in [1.807, 2.05) is 0 Å². The smallest absolute Gasteiger partial charge is 0.151 e. The minimum atomic E-state index is 0.167. The van der Waals surface area contributed by atoms with Crippen LogP contribution in [0.4, 0.5) is 0 Å². The van der Waals surface area contributed by atoms with E-state index >= 15 is 0 Å². The van der Waals surface area contributed by atoms with Crippen LogP contribution in [0, 0.1) is 0 Å². The number of hydrogen-bond donors (Lipinski definition) is 0. The lowest BCUT2D eigenvalue weighted by atomic mass is 10.4. The van der Waals surface area contributed by atoms with Crippen LogP contribution in [0.2, 0.25) is 0 Å². The average Bonchev–Trinajstić information content (AvgIpc) is 2.17. The van der Waals surface area contributed by atoms with Crippen LogP contribution in [0.5, 0.6) is 0 Å². The second-order valence-electron chi connectivity index (χ2n) is 1.58. The fourth-order valence-electron chi connectivity index (χ4n) is 0.589. The van der Waals surface area contributed by atoms with Crippen LogP contribution >= 0.6 is 8.46 Å². The Morgan fingerprint density at radius 1 is 1.38 bits per heavy atom. The van der Waals surface area contributed by atoms with Crippen molar-refractivity contribution in [3.05, 3.63) is 12.2 Å². The molecular weight excluding hydrogens is 119 g/mol. The Kier molecular flexibility index (Phi) is 6.70. The highest BCUT2D eigenvalue weighted by atomic mass is 31.1. The molecule has 0 atom stereocenters. The molecule has 1 nitrogen and oxygen atoms in total. The summed E-state index contributed by atoms with van der Waals surface area (Å²) < 4.78 is 8.90. The Balaban J connectivity index is 0.000000145. The third-order valence-corrected chi connectivity index (χ3v) is 0.908. The molecule has 1 rings (SSSR count). The van der Waals surface area contributed by atoms with Crippen molar-refractivity contribution in [2.45, 2.75) is 19.3 Å². The van der Waals surface area contributed by atoms with Gasteiger partial charge in [0.1, 0.15) is 0 Å². The lowest BCUT2D eigenvalue weighted by molar-refractivity contribution is 0.601. The molecule has 0 radical (unpaired) electrons. The van der Waals surface area contributed by atoms with Crippen molar-refractivity contribution in [3.63, 3.8) is 0 Å². The van der Waals surface area contributed by atoms with Crippen LogP contribution in [0.25, 0.3) is 0 Å². The van der Waals surface area contributed by atoms with E-state index in [4.69, 9.17) is 4.57 Å². The van der Waals surface area contributed by atoms with Gasteiger partial charge in [0.2, 0.25) is 0 Å². The molecule has 0 fully saturated rings. The van der Waals surface area contributed by atoms with Crippen LogP contribution in [0.1, 0.15) is 19.3 Å². The molecular formula is C6H11OP.